The number of aliphatic hydroxyl groups excluding tert-OH is 1. The summed E-state index contributed by atoms with van der Waals surface area (Å²) in [6.45, 7) is 9.65. The van der Waals surface area contributed by atoms with Gasteiger partial charge in [0, 0.05) is 30.6 Å². The normalized spacial score (nSPS) is 16.3. The number of fused-ring (bicyclic) bond motifs is 1. The van der Waals surface area contributed by atoms with Gasteiger partial charge in [-0.1, -0.05) is 43.3 Å². The zero-order valence-corrected chi connectivity index (χ0v) is 23.7. The SMILES string of the molecule is COc1c(C(O)O)cnn1-c1cccc(-c2cccc(C)c2OCc2ccc3c(c2)CCN(CC2(C)COC2)C3)n1. The number of aliphatic hydroxyl groups is 2. The molecule has 41 heavy (non-hydrogen) atoms. The van der Waals surface area contributed by atoms with Crippen molar-refractivity contribution in [2.75, 3.05) is 33.4 Å². The summed E-state index contributed by atoms with van der Waals surface area (Å²) in [4.78, 5) is 7.37. The monoisotopic (exact) mass is 556 g/mol. The Kier molecular flexibility index (Phi) is 7.52. The molecule has 0 radical (unpaired) electrons. The highest BCUT2D eigenvalue weighted by molar-refractivity contribution is 5.69. The first-order chi connectivity index (χ1) is 19.8. The number of rotatable bonds is 9. The number of aryl methyl sites for hydroxylation is 1. The van der Waals surface area contributed by atoms with Gasteiger partial charge in [-0.15, -0.1) is 0 Å². The van der Waals surface area contributed by atoms with Gasteiger partial charge in [0.05, 0.1) is 37.8 Å². The van der Waals surface area contributed by atoms with Gasteiger partial charge in [-0.25, -0.2) is 4.98 Å². The molecule has 1 saturated heterocycles. The number of hydrogen-bond donors (Lipinski definition) is 2. The fourth-order valence-corrected chi connectivity index (χ4v) is 5.76. The highest BCUT2D eigenvalue weighted by atomic mass is 16.5. The first kappa shape index (κ1) is 27.4. The van der Waals surface area contributed by atoms with E-state index in [2.05, 4.69) is 35.1 Å². The minimum atomic E-state index is -1.70. The fraction of sp³-hybridized carbons (Fsp3) is 0.375. The van der Waals surface area contributed by atoms with Crippen molar-refractivity contribution in [1.82, 2.24) is 19.7 Å². The lowest BCUT2D eigenvalue weighted by atomic mass is 9.87. The van der Waals surface area contributed by atoms with Gasteiger partial charge >= 0.3 is 0 Å². The number of para-hydroxylation sites is 1. The zero-order valence-electron chi connectivity index (χ0n) is 23.7. The van der Waals surface area contributed by atoms with Crippen LogP contribution in [0.2, 0.25) is 0 Å². The Hall–Kier alpha value is -3.76. The van der Waals surface area contributed by atoms with Crippen LogP contribution >= 0.6 is 0 Å². The first-order valence-corrected chi connectivity index (χ1v) is 13.9. The Morgan fingerprint density at radius 2 is 1.90 bits per heavy atom. The van der Waals surface area contributed by atoms with E-state index in [1.165, 1.54) is 29.1 Å². The number of nitrogens with zero attached hydrogens (tertiary/aromatic N) is 4. The van der Waals surface area contributed by atoms with Gasteiger partial charge in [0.15, 0.2) is 12.1 Å². The first-order valence-electron chi connectivity index (χ1n) is 13.9. The van der Waals surface area contributed by atoms with Crippen molar-refractivity contribution in [2.24, 2.45) is 5.41 Å². The molecule has 2 aliphatic heterocycles. The molecule has 0 aliphatic carbocycles. The van der Waals surface area contributed by atoms with Crippen LogP contribution in [0, 0.1) is 12.3 Å². The molecule has 214 valence electrons. The number of pyridine rings is 1. The van der Waals surface area contributed by atoms with E-state index in [0.717, 1.165) is 61.7 Å². The van der Waals surface area contributed by atoms with E-state index in [4.69, 9.17) is 19.2 Å². The van der Waals surface area contributed by atoms with E-state index < -0.39 is 6.29 Å². The molecule has 4 heterocycles. The summed E-state index contributed by atoms with van der Waals surface area (Å²) in [7, 11) is 1.46. The van der Waals surface area contributed by atoms with E-state index in [9.17, 15) is 10.2 Å². The maximum atomic E-state index is 9.66. The van der Waals surface area contributed by atoms with Crippen LogP contribution in [-0.4, -0.2) is 63.3 Å². The molecule has 2 aromatic heterocycles. The van der Waals surface area contributed by atoms with Gasteiger partial charge in [-0.2, -0.15) is 9.78 Å². The smallest absolute Gasteiger partial charge is 0.226 e. The van der Waals surface area contributed by atoms with Crippen LogP contribution in [0.15, 0.2) is 60.8 Å². The highest BCUT2D eigenvalue weighted by Crippen LogP contribution is 2.35. The van der Waals surface area contributed by atoms with Gasteiger partial charge in [-0.3, -0.25) is 4.90 Å². The Balaban J connectivity index is 1.20. The lowest BCUT2D eigenvalue weighted by molar-refractivity contribution is -0.116. The molecule has 9 nitrogen and oxygen atoms in total. The largest absolute Gasteiger partial charge is 0.488 e. The Labute approximate surface area is 239 Å². The van der Waals surface area contributed by atoms with E-state index in [1.54, 1.807) is 6.07 Å². The van der Waals surface area contributed by atoms with Gasteiger partial charge in [0.25, 0.3) is 0 Å². The third-order valence-electron chi connectivity index (χ3n) is 7.91. The summed E-state index contributed by atoms with van der Waals surface area (Å²) in [5.74, 6) is 1.48. The van der Waals surface area contributed by atoms with Gasteiger partial charge < -0.3 is 24.4 Å². The summed E-state index contributed by atoms with van der Waals surface area (Å²) in [6, 6.07) is 18.3. The summed E-state index contributed by atoms with van der Waals surface area (Å²) in [5.41, 5.74) is 6.98. The van der Waals surface area contributed by atoms with E-state index in [-0.39, 0.29) is 11.4 Å². The summed E-state index contributed by atoms with van der Waals surface area (Å²) in [6.07, 6.45) is 0.698. The van der Waals surface area contributed by atoms with Crippen LogP contribution in [-0.2, 0) is 24.3 Å². The number of ether oxygens (including phenoxy) is 3. The maximum absolute atomic E-state index is 9.66. The van der Waals surface area contributed by atoms with E-state index in [0.29, 0.717) is 23.5 Å². The van der Waals surface area contributed by atoms with Crippen molar-refractivity contribution in [3.63, 3.8) is 0 Å². The third-order valence-corrected chi connectivity index (χ3v) is 7.91. The Morgan fingerprint density at radius 1 is 1.07 bits per heavy atom. The molecule has 0 unspecified atom stereocenters. The second-order valence-corrected chi connectivity index (χ2v) is 11.4. The zero-order chi connectivity index (χ0) is 28.6. The van der Waals surface area contributed by atoms with Crippen LogP contribution < -0.4 is 9.47 Å². The molecular formula is C32H36N4O5. The second kappa shape index (κ2) is 11.3. The van der Waals surface area contributed by atoms with Gasteiger partial charge in [0.1, 0.15) is 12.4 Å². The van der Waals surface area contributed by atoms with Crippen molar-refractivity contribution in [3.8, 4) is 28.7 Å². The summed E-state index contributed by atoms with van der Waals surface area (Å²) < 4.78 is 18.7. The second-order valence-electron chi connectivity index (χ2n) is 11.4. The third kappa shape index (κ3) is 5.58. The molecule has 0 bridgehead atoms. The molecule has 0 saturated carbocycles. The molecule has 0 spiro atoms. The number of methoxy groups -OCH3 is 1. The Bertz CT molecular complexity index is 1550. The van der Waals surface area contributed by atoms with Crippen LogP contribution in [0.25, 0.3) is 17.1 Å². The fourth-order valence-electron chi connectivity index (χ4n) is 5.76. The molecule has 0 amide bonds. The van der Waals surface area contributed by atoms with Crippen molar-refractivity contribution >= 4 is 0 Å². The minimum absolute atomic E-state index is 0.166. The van der Waals surface area contributed by atoms with Crippen molar-refractivity contribution in [3.05, 3.63) is 88.6 Å². The van der Waals surface area contributed by atoms with Crippen LogP contribution in [0.5, 0.6) is 11.6 Å². The van der Waals surface area contributed by atoms with Gasteiger partial charge in [0.2, 0.25) is 5.88 Å². The molecule has 2 aromatic carbocycles. The molecule has 0 atom stereocenters. The predicted molar refractivity (Wildman–Crippen MR) is 154 cm³/mol. The number of hydrogen-bond acceptors (Lipinski definition) is 8. The van der Waals surface area contributed by atoms with Crippen LogP contribution in [0.4, 0.5) is 0 Å². The predicted octanol–water partition coefficient (Wildman–Crippen LogP) is 4.21. The highest BCUT2D eigenvalue weighted by Gasteiger charge is 2.35. The quantitative estimate of drug-likeness (QED) is 0.296. The van der Waals surface area contributed by atoms with Gasteiger partial charge in [-0.05, 0) is 53.8 Å². The number of benzene rings is 2. The lowest BCUT2D eigenvalue weighted by Crippen LogP contribution is -2.49. The molecule has 2 N–H and O–H groups in total. The van der Waals surface area contributed by atoms with Crippen molar-refractivity contribution in [1.29, 1.82) is 0 Å². The van der Waals surface area contributed by atoms with Crippen LogP contribution in [0.3, 0.4) is 0 Å². The molecule has 6 rings (SSSR count). The van der Waals surface area contributed by atoms with Crippen molar-refractivity contribution in [2.45, 2.75) is 39.7 Å². The molecule has 2 aliphatic rings. The molecule has 1 fully saturated rings. The summed E-state index contributed by atoms with van der Waals surface area (Å²) >= 11 is 0. The van der Waals surface area contributed by atoms with E-state index in [1.807, 2.05) is 37.3 Å². The van der Waals surface area contributed by atoms with E-state index >= 15 is 0 Å². The average molecular weight is 557 g/mol. The van der Waals surface area contributed by atoms with Crippen molar-refractivity contribution < 1.29 is 24.4 Å². The maximum Gasteiger partial charge on any atom is 0.226 e. The lowest BCUT2D eigenvalue weighted by Gasteiger charge is -2.43. The Morgan fingerprint density at radius 3 is 2.66 bits per heavy atom. The number of aromatic nitrogens is 3. The molecule has 4 aromatic rings. The minimum Gasteiger partial charge on any atom is -0.488 e. The standard InChI is InChI=1S/C32H36N4O5/c1-21-6-4-7-25(27-8-5-9-28(34-27)36-30(39-3)26(15-33-36)31(37)38)29(21)41-17-22-10-11-24-16-35(13-12-23(24)14-22)18-32(2)19-40-20-32/h4-11,14-15,31,37-38H,12-13,16-20H2,1-3H3. The van der Waals surface area contributed by atoms with Crippen LogP contribution in [0.1, 0.15) is 41.0 Å². The molecular weight excluding hydrogens is 520 g/mol. The molecule has 9 heteroatoms. The topological polar surface area (TPSA) is 102 Å². The summed E-state index contributed by atoms with van der Waals surface area (Å²) in [5, 5.41) is 23.6. The average Bonchev–Trinajstić information content (AvgIpc) is 3.40.